The first kappa shape index (κ1) is 19.5. The summed E-state index contributed by atoms with van der Waals surface area (Å²) in [5, 5.41) is 3.40. The Labute approximate surface area is 163 Å². The van der Waals surface area contributed by atoms with Crippen molar-refractivity contribution in [3.05, 3.63) is 28.8 Å². The molecule has 2 aliphatic rings. The zero-order valence-electron chi connectivity index (χ0n) is 15.5. The van der Waals surface area contributed by atoms with Crippen LogP contribution in [-0.2, 0) is 14.3 Å². The van der Waals surface area contributed by atoms with Crippen molar-refractivity contribution in [2.45, 2.75) is 51.7 Å². The van der Waals surface area contributed by atoms with Gasteiger partial charge in [0, 0.05) is 12.1 Å². The summed E-state index contributed by atoms with van der Waals surface area (Å²) >= 11 is 6.11. The summed E-state index contributed by atoms with van der Waals surface area (Å²) in [7, 11) is 0. The predicted octanol–water partition coefficient (Wildman–Crippen LogP) is 3.71. The number of carbonyl (C=O) groups is 2. The summed E-state index contributed by atoms with van der Waals surface area (Å²) in [5.74, 6) is 0.620. The molecule has 1 aromatic rings. The molecular weight excluding hydrogens is 370 g/mol. The fraction of sp³-hybridized carbons (Fsp3) is 0.500. The minimum absolute atomic E-state index is 0.122. The largest absolute Gasteiger partial charge is 0.454 e. The smallest absolute Gasteiger partial charge is 0.331 e. The van der Waals surface area contributed by atoms with E-state index >= 15 is 0 Å². The Hall–Kier alpha value is -2.21. The van der Waals surface area contributed by atoms with E-state index in [4.69, 9.17) is 25.8 Å². The normalized spacial score (nSPS) is 22.5. The molecule has 3 atom stereocenters. The van der Waals surface area contributed by atoms with E-state index in [2.05, 4.69) is 12.2 Å². The molecule has 1 aliphatic heterocycles. The molecule has 1 aromatic carbocycles. The molecule has 0 saturated heterocycles. The zero-order valence-corrected chi connectivity index (χ0v) is 16.3. The van der Waals surface area contributed by atoms with Crippen LogP contribution in [0.2, 0.25) is 5.02 Å². The van der Waals surface area contributed by atoms with E-state index in [9.17, 15) is 9.59 Å². The van der Waals surface area contributed by atoms with Gasteiger partial charge in [-0.15, -0.1) is 0 Å². The molecule has 1 saturated carbocycles. The molecule has 0 aromatic heterocycles. The number of halogens is 1. The average molecular weight is 394 g/mol. The van der Waals surface area contributed by atoms with Gasteiger partial charge in [0.15, 0.2) is 17.6 Å². The molecule has 7 heteroatoms. The third-order valence-electron chi connectivity index (χ3n) is 4.96. The summed E-state index contributed by atoms with van der Waals surface area (Å²) in [5.41, 5.74) is 0.675. The number of amides is 1. The maximum Gasteiger partial charge on any atom is 0.331 e. The van der Waals surface area contributed by atoms with E-state index in [0.717, 1.165) is 19.3 Å². The highest BCUT2D eigenvalue weighted by Crippen LogP contribution is 2.40. The second kappa shape index (κ2) is 8.65. The monoisotopic (exact) mass is 393 g/mol. The number of benzene rings is 1. The number of ether oxygens (including phenoxy) is 3. The van der Waals surface area contributed by atoms with Crippen LogP contribution in [0.25, 0.3) is 6.08 Å². The SMILES string of the molecule is C[C@@H]1CCCC[C@H]1NC(=O)[C@@H](C)OC(=O)/C=C/c1cc(Cl)c2c(c1)OCO2. The number of esters is 1. The first-order valence-corrected chi connectivity index (χ1v) is 9.60. The minimum Gasteiger partial charge on any atom is -0.454 e. The molecule has 0 spiro atoms. The van der Waals surface area contributed by atoms with Crippen LogP contribution in [0.1, 0.15) is 45.1 Å². The molecule has 0 unspecified atom stereocenters. The maximum atomic E-state index is 12.3. The topological polar surface area (TPSA) is 73.9 Å². The molecule has 1 aliphatic carbocycles. The van der Waals surface area contributed by atoms with E-state index < -0.39 is 12.1 Å². The van der Waals surface area contributed by atoms with E-state index in [-0.39, 0.29) is 18.7 Å². The quantitative estimate of drug-likeness (QED) is 0.609. The zero-order chi connectivity index (χ0) is 19.4. The van der Waals surface area contributed by atoms with Crippen LogP contribution < -0.4 is 14.8 Å². The van der Waals surface area contributed by atoms with Gasteiger partial charge in [-0.25, -0.2) is 4.79 Å². The highest BCUT2D eigenvalue weighted by Gasteiger charge is 2.26. The van der Waals surface area contributed by atoms with Crippen molar-refractivity contribution in [1.29, 1.82) is 0 Å². The van der Waals surface area contributed by atoms with Crippen molar-refractivity contribution in [3.8, 4) is 11.5 Å². The van der Waals surface area contributed by atoms with E-state index in [1.165, 1.54) is 12.5 Å². The van der Waals surface area contributed by atoms with Crippen molar-refractivity contribution in [3.63, 3.8) is 0 Å². The van der Waals surface area contributed by atoms with Crippen molar-refractivity contribution >= 4 is 29.6 Å². The Bertz CT molecular complexity index is 748. The Morgan fingerprint density at radius 3 is 2.85 bits per heavy atom. The lowest BCUT2D eigenvalue weighted by molar-refractivity contribution is -0.150. The summed E-state index contributed by atoms with van der Waals surface area (Å²) in [6.07, 6.45) is 6.37. The minimum atomic E-state index is -0.850. The van der Waals surface area contributed by atoms with Crippen molar-refractivity contribution in [2.24, 2.45) is 5.92 Å². The number of carbonyl (C=O) groups excluding carboxylic acids is 2. The van der Waals surface area contributed by atoms with Gasteiger partial charge < -0.3 is 19.5 Å². The summed E-state index contributed by atoms with van der Waals surface area (Å²) in [6.45, 7) is 3.84. The Balaban J connectivity index is 1.53. The van der Waals surface area contributed by atoms with E-state index in [1.54, 1.807) is 25.1 Å². The molecule has 6 nitrogen and oxygen atoms in total. The molecular formula is C20H24ClNO5. The maximum absolute atomic E-state index is 12.3. The van der Waals surface area contributed by atoms with Crippen LogP contribution in [0.4, 0.5) is 0 Å². The second-order valence-electron chi connectivity index (χ2n) is 7.03. The van der Waals surface area contributed by atoms with Crippen LogP contribution in [0, 0.1) is 5.92 Å². The molecule has 27 heavy (non-hydrogen) atoms. The Morgan fingerprint density at radius 1 is 1.30 bits per heavy atom. The summed E-state index contributed by atoms with van der Waals surface area (Å²) in [6, 6.07) is 3.54. The van der Waals surface area contributed by atoms with Crippen LogP contribution in [0.3, 0.4) is 0 Å². The van der Waals surface area contributed by atoms with Gasteiger partial charge >= 0.3 is 5.97 Å². The number of nitrogens with one attached hydrogen (secondary N) is 1. The van der Waals surface area contributed by atoms with Crippen molar-refractivity contribution < 1.29 is 23.8 Å². The third-order valence-corrected chi connectivity index (χ3v) is 5.24. The van der Waals surface area contributed by atoms with Gasteiger partial charge in [0.05, 0.1) is 5.02 Å². The average Bonchev–Trinajstić information content (AvgIpc) is 3.11. The molecule has 0 radical (unpaired) electrons. The first-order chi connectivity index (χ1) is 12.9. The van der Waals surface area contributed by atoms with Gasteiger partial charge in [0.25, 0.3) is 5.91 Å². The highest BCUT2D eigenvalue weighted by molar-refractivity contribution is 6.32. The van der Waals surface area contributed by atoms with Gasteiger partial charge in [-0.05, 0) is 49.5 Å². The lowest BCUT2D eigenvalue weighted by atomic mass is 9.86. The summed E-state index contributed by atoms with van der Waals surface area (Å²) in [4.78, 5) is 24.3. The predicted molar refractivity (Wildman–Crippen MR) is 102 cm³/mol. The number of fused-ring (bicyclic) bond motifs is 1. The molecule has 146 valence electrons. The number of hydrogen-bond acceptors (Lipinski definition) is 5. The van der Waals surface area contributed by atoms with Gasteiger partial charge in [0.2, 0.25) is 6.79 Å². The molecule has 1 heterocycles. The van der Waals surface area contributed by atoms with Crippen LogP contribution >= 0.6 is 11.6 Å². The van der Waals surface area contributed by atoms with E-state index in [0.29, 0.717) is 28.0 Å². The highest BCUT2D eigenvalue weighted by atomic mass is 35.5. The fourth-order valence-electron chi connectivity index (χ4n) is 3.35. The lowest BCUT2D eigenvalue weighted by Crippen LogP contribution is -2.45. The van der Waals surface area contributed by atoms with Gasteiger partial charge in [-0.1, -0.05) is 31.4 Å². The van der Waals surface area contributed by atoms with Gasteiger partial charge in [0.1, 0.15) is 0 Å². The van der Waals surface area contributed by atoms with E-state index in [1.807, 2.05) is 0 Å². The Kier molecular flexibility index (Phi) is 6.26. The lowest BCUT2D eigenvalue weighted by Gasteiger charge is -2.30. The molecule has 1 N–H and O–H groups in total. The molecule has 1 fully saturated rings. The summed E-state index contributed by atoms with van der Waals surface area (Å²) < 4.78 is 15.7. The van der Waals surface area contributed by atoms with Crippen molar-refractivity contribution in [2.75, 3.05) is 6.79 Å². The Morgan fingerprint density at radius 2 is 2.07 bits per heavy atom. The van der Waals surface area contributed by atoms with Crippen molar-refractivity contribution in [1.82, 2.24) is 5.32 Å². The van der Waals surface area contributed by atoms with Crippen LogP contribution in [0.5, 0.6) is 11.5 Å². The van der Waals surface area contributed by atoms with Crippen LogP contribution in [-0.4, -0.2) is 30.8 Å². The standard InChI is InChI=1S/C20H24ClNO5/c1-12-5-3-4-6-16(12)22-20(24)13(2)27-18(23)8-7-14-9-15(21)19-17(10-14)25-11-26-19/h7-10,12-13,16H,3-6,11H2,1-2H3,(H,22,24)/b8-7+/t12-,13-,16-/m1/s1. The number of rotatable bonds is 5. The first-order valence-electron chi connectivity index (χ1n) is 9.22. The molecule has 3 rings (SSSR count). The van der Waals surface area contributed by atoms with Crippen LogP contribution in [0.15, 0.2) is 18.2 Å². The second-order valence-corrected chi connectivity index (χ2v) is 7.43. The van der Waals surface area contributed by atoms with Gasteiger partial charge in [-0.3, -0.25) is 4.79 Å². The fourth-order valence-corrected chi connectivity index (χ4v) is 3.62. The molecule has 1 amide bonds. The molecule has 0 bridgehead atoms. The number of hydrogen-bond donors (Lipinski definition) is 1. The van der Waals surface area contributed by atoms with Gasteiger partial charge in [-0.2, -0.15) is 0 Å². The third kappa shape index (κ3) is 4.95.